The van der Waals surface area contributed by atoms with Crippen LogP contribution >= 0.6 is 0 Å². The normalized spacial score (nSPS) is 26.3. The van der Waals surface area contributed by atoms with Gasteiger partial charge in [-0.15, -0.1) is 0 Å². The molecule has 1 aliphatic carbocycles. The maximum atomic E-state index is 10.6. The zero-order valence-corrected chi connectivity index (χ0v) is 12.6. The van der Waals surface area contributed by atoms with E-state index < -0.39 is 5.60 Å². The van der Waals surface area contributed by atoms with Crippen LogP contribution in [-0.4, -0.2) is 34.3 Å². The van der Waals surface area contributed by atoms with E-state index in [1.807, 2.05) is 6.92 Å². The Morgan fingerprint density at radius 3 is 2.70 bits per heavy atom. The van der Waals surface area contributed by atoms with Crippen LogP contribution in [0.15, 0.2) is 6.33 Å². The Labute approximate surface area is 120 Å². The molecule has 5 nitrogen and oxygen atoms in total. The van der Waals surface area contributed by atoms with Crippen LogP contribution in [-0.2, 0) is 0 Å². The van der Waals surface area contributed by atoms with Crippen LogP contribution in [0.4, 0.5) is 5.82 Å². The van der Waals surface area contributed by atoms with Gasteiger partial charge in [0.2, 0.25) is 5.88 Å². The van der Waals surface area contributed by atoms with Crippen molar-refractivity contribution < 1.29 is 9.84 Å². The minimum Gasteiger partial charge on any atom is -0.481 e. The Bertz CT molecular complexity index is 443. The van der Waals surface area contributed by atoms with Crippen LogP contribution in [0.5, 0.6) is 5.88 Å². The predicted octanol–water partition coefficient (Wildman–Crippen LogP) is 2.54. The number of anilines is 1. The summed E-state index contributed by atoms with van der Waals surface area (Å²) in [4.78, 5) is 8.27. The molecule has 0 aliphatic heterocycles. The largest absolute Gasteiger partial charge is 0.481 e. The van der Waals surface area contributed by atoms with Gasteiger partial charge >= 0.3 is 0 Å². The lowest BCUT2D eigenvalue weighted by Crippen LogP contribution is -2.40. The number of hydrogen-bond donors (Lipinski definition) is 2. The summed E-state index contributed by atoms with van der Waals surface area (Å²) in [5, 5.41) is 13.9. The number of nitrogens with zero attached hydrogens (tertiary/aromatic N) is 2. The predicted molar refractivity (Wildman–Crippen MR) is 79.0 cm³/mol. The van der Waals surface area contributed by atoms with Gasteiger partial charge in [0.15, 0.2) is 0 Å². The van der Waals surface area contributed by atoms with Crippen molar-refractivity contribution in [2.45, 2.75) is 51.6 Å². The molecule has 0 aromatic carbocycles. The first kappa shape index (κ1) is 15.0. The average molecular weight is 279 g/mol. The molecule has 2 N–H and O–H groups in total. The molecule has 0 saturated heterocycles. The molecule has 0 bridgehead atoms. The molecular weight excluding hydrogens is 254 g/mol. The van der Waals surface area contributed by atoms with Crippen LogP contribution in [0.1, 0.15) is 44.6 Å². The lowest BCUT2D eigenvalue weighted by molar-refractivity contribution is 0.00221. The summed E-state index contributed by atoms with van der Waals surface area (Å²) in [6.45, 7) is 4.67. The van der Waals surface area contributed by atoms with Crippen molar-refractivity contribution in [2.24, 2.45) is 5.92 Å². The van der Waals surface area contributed by atoms with E-state index in [-0.39, 0.29) is 0 Å². The Balaban J connectivity index is 1.95. The number of hydrogen-bond acceptors (Lipinski definition) is 5. The molecule has 0 spiro atoms. The summed E-state index contributed by atoms with van der Waals surface area (Å²) in [7, 11) is 1.60. The fourth-order valence-corrected chi connectivity index (χ4v) is 2.87. The van der Waals surface area contributed by atoms with Gasteiger partial charge in [0.05, 0.1) is 18.3 Å². The van der Waals surface area contributed by atoms with E-state index in [0.717, 1.165) is 43.0 Å². The zero-order chi connectivity index (χ0) is 14.6. The Morgan fingerprint density at radius 2 is 2.10 bits per heavy atom. The monoisotopic (exact) mass is 279 g/mol. The van der Waals surface area contributed by atoms with Gasteiger partial charge in [-0.05, 0) is 38.5 Å². The molecule has 0 amide bonds. The van der Waals surface area contributed by atoms with Gasteiger partial charge in [0, 0.05) is 6.54 Å². The third-order valence-corrected chi connectivity index (χ3v) is 4.43. The molecular formula is C15H25N3O2. The maximum Gasteiger partial charge on any atom is 0.221 e. The summed E-state index contributed by atoms with van der Waals surface area (Å²) < 4.78 is 5.18. The second-order valence-electron chi connectivity index (χ2n) is 5.79. The lowest BCUT2D eigenvalue weighted by atomic mass is 9.78. The van der Waals surface area contributed by atoms with E-state index in [0.29, 0.717) is 12.4 Å². The number of aromatic nitrogens is 2. The quantitative estimate of drug-likeness (QED) is 0.867. The standard InChI is InChI=1S/C15H25N3O2/c1-4-12-5-7-15(19,8-6-12)9-16-13-11(2)14(20-3)18-10-17-13/h10,12,19H,4-9H2,1-3H3,(H,16,17,18). The van der Waals surface area contributed by atoms with E-state index in [9.17, 15) is 5.11 Å². The van der Waals surface area contributed by atoms with Gasteiger partial charge in [-0.25, -0.2) is 9.97 Å². The van der Waals surface area contributed by atoms with Crippen molar-refractivity contribution >= 4 is 5.82 Å². The summed E-state index contributed by atoms with van der Waals surface area (Å²) >= 11 is 0. The van der Waals surface area contributed by atoms with Crippen LogP contribution in [0.2, 0.25) is 0 Å². The summed E-state index contributed by atoms with van der Waals surface area (Å²) in [6.07, 6.45) is 6.64. The molecule has 1 aliphatic rings. The number of rotatable bonds is 5. The molecule has 2 rings (SSSR count). The van der Waals surface area contributed by atoms with Gasteiger partial charge in [0.1, 0.15) is 12.1 Å². The van der Waals surface area contributed by atoms with Crippen LogP contribution in [0.3, 0.4) is 0 Å². The molecule has 5 heteroatoms. The Kier molecular flexibility index (Phi) is 4.81. The van der Waals surface area contributed by atoms with Gasteiger partial charge in [0.25, 0.3) is 0 Å². The van der Waals surface area contributed by atoms with Gasteiger partial charge in [-0.1, -0.05) is 13.3 Å². The van der Waals surface area contributed by atoms with E-state index in [1.54, 1.807) is 7.11 Å². The van der Waals surface area contributed by atoms with Crippen molar-refractivity contribution in [2.75, 3.05) is 19.0 Å². The molecule has 1 aromatic heterocycles. The molecule has 1 saturated carbocycles. The molecule has 0 atom stereocenters. The summed E-state index contributed by atoms with van der Waals surface area (Å²) in [6, 6.07) is 0. The van der Waals surface area contributed by atoms with Crippen molar-refractivity contribution in [1.29, 1.82) is 0 Å². The third kappa shape index (κ3) is 3.39. The molecule has 1 aromatic rings. The van der Waals surface area contributed by atoms with Crippen LogP contribution in [0.25, 0.3) is 0 Å². The second-order valence-corrected chi connectivity index (χ2v) is 5.79. The van der Waals surface area contributed by atoms with Gasteiger partial charge < -0.3 is 15.2 Å². The van der Waals surface area contributed by atoms with Crippen LogP contribution < -0.4 is 10.1 Å². The van der Waals surface area contributed by atoms with E-state index in [1.165, 1.54) is 12.7 Å². The number of nitrogens with one attached hydrogen (secondary N) is 1. The zero-order valence-electron chi connectivity index (χ0n) is 12.6. The highest BCUT2D eigenvalue weighted by atomic mass is 16.5. The first-order valence-electron chi connectivity index (χ1n) is 7.40. The maximum absolute atomic E-state index is 10.6. The molecule has 0 radical (unpaired) electrons. The first-order valence-corrected chi connectivity index (χ1v) is 7.40. The third-order valence-electron chi connectivity index (χ3n) is 4.43. The highest BCUT2D eigenvalue weighted by molar-refractivity contribution is 5.47. The minimum absolute atomic E-state index is 0.532. The molecule has 1 fully saturated rings. The smallest absolute Gasteiger partial charge is 0.221 e. The number of methoxy groups -OCH3 is 1. The van der Waals surface area contributed by atoms with Crippen LogP contribution in [0, 0.1) is 12.8 Å². The topological polar surface area (TPSA) is 67.3 Å². The van der Waals surface area contributed by atoms with Gasteiger partial charge in [-0.3, -0.25) is 0 Å². The highest BCUT2D eigenvalue weighted by Crippen LogP contribution is 2.34. The average Bonchev–Trinajstić information content (AvgIpc) is 2.47. The van der Waals surface area contributed by atoms with Crippen molar-refractivity contribution in [1.82, 2.24) is 9.97 Å². The fourth-order valence-electron chi connectivity index (χ4n) is 2.87. The Hall–Kier alpha value is -1.36. The Morgan fingerprint density at radius 1 is 1.40 bits per heavy atom. The number of ether oxygens (including phenoxy) is 1. The van der Waals surface area contributed by atoms with E-state index >= 15 is 0 Å². The lowest BCUT2D eigenvalue weighted by Gasteiger charge is -2.36. The molecule has 1 heterocycles. The molecule has 20 heavy (non-hydrogen) atoms. The van der Waals surface area contributed by atoms with Crippen molar-refractivity contribution in [3.63, 3.8) is 0 Å². The molecule has 112 valence electrons. The van der Waals surface area contributed by atoms with Crippen molar-refractivity contribution in [3.8, 4) is 5.88 Å². The SMILES string of the molecule is CCC1CCC(O)(CNc2ncnc(OC)c2C)CC1. The van der Waals surface area contributed by atoms with E-state index in [4.69, 9.17) is 4.74 Å². The molecule has 0 unspecified atom stereocenters. The van der Waals surface area contributed by atoms with Crippen molar-refractivity contribution in [3.05, 3.63) is 11.9 Å². The number of aliphatic hydroxyl groups is 1. The fraction of sp³-hybridized carbons (Fsp3) is 0.733. The van der Waals surface area contributed by atoms with Gasteiger partial charge in [-0.2, -0.15) is 0 Å². The van der Waals surface area contributed by atoms with E-state index in [2.05, 4.69) is 22.2 Å². The first-order chi connectivity index (χ1) is 9.58. The minimum atomic E-state index is -0.615. The summed E-state index contributed by atoms with van der Waals surface area (Å²) in [5.41, 5.74) is 0.261. The second kappa shape index (κ2) is 6.39. The summed E-state index contributed by atoms with van der Waals surface area (Å²) in [5.74, 6) is 2.09. The highest BCUT2D eigenvalue weighted by Gasteiger charge is 2.32.